The Balaban J connectivity index is 0.000000369. The summed E-state index contributed by atoms with van der Waals surface area (Å²) in [5.74, 6) is -0.280. The molecule has 0 saturated heterocycles. The molecule has 0 amide bonds. The summed E-state index contributed by atoms with van der Waals surface area (Å²) < 4.78 is 22.7. The molecule has 142 valence electrons. The maximum atomic E-state index is 11.3. The topological polar surface area (TPSA) is 99.9 Å². The minimum Gasteiger partial charge on any atom is -0.508 e. The van der Waals surface area contributed by atoms with Crippen molar-refractivity contribution in [3.63, 3.8) is 0 Å². The lowest BCUT2D eigenvalue weighted by Gasteiger charge is -2.03. The van der Waals surface area contributed by atoms with Gasteiger partial charge in [-0.2, -0.15) is 0 Å². The van der Waals surface area contributed by atoms with E-state index in [4.69, 9.17) is 11.6 Å². The second kappa shape index (κ2) is 8.98. The van der Waals surface area contributed by atoms with Gasteiger partial charge in [-0.3, -0.25) is 9.98 Å². The van der Waals surface area contributed by atoms with Gasteiger partial charge in [-0.25, -0.2) is 8.42 Å². The highest BCUT2D eigenvalue weighted by Crippen LogP contribution is 2.31. The standard InChI is InChI=1S/C14H12ClNO4S.C4H5NS/c1-21(19,20)12-4-2-10(3-5-12)16-8-9-6-11(17)7-13(15)14(9)18;1-4-5-2-3-6-4/h2-8,17-18H,1H3;2-3H,1H3. The molecular weight excluding hydrogens is 408 g/mol. The van der Waals surface area contributed by atoms with Crippen LogP contribution in [0.4, 0.5) is 5.69 Å². The normalized spacial score (nSPS) is 11.2. The second-order valence-electron chi connectivity index (χ2n) is 5.44. The van der Waals surface area contributed by atoms with Crippen molar-refractivity contribution in [2.45, 2.75) is 11.8 Å². The second-order valence-corrected chi connectivity index (χ2v) is 8.96. The first-order valence-corrected chi connectivity index (χ1v) is 10.7. The van der Waals surface area contributed by atoms with Crippen molar-refractivity contribution < 1.29 is 18.6 Å². The summed E-state index contributed by atoms with van der Waals surface area (Å²) in [5.41, 5.74) is 0.758. The molecule has 3 rings (SSSR count). The third kappa shape index (κ3) is 6.35. The Bertz CT molecular complexity index is 1030. The number of aromatic hydroxyl groups is 2. The largest absolute Gasteiger partial charge is 0.508 e. The van der Waals surface area contributed by atoms with Crippen molar-refractivity contribution in [1.82, 2.24) is 4.98 Å². The minimum absolute atomic E-state index is 0.0175. The van der Waals surface area contributed by atoms with Gasteiger partial charge in [-0.1, -0.05) is 11.6 Å². The zero-order chi connectivity index (χ0) is 20.0. The maximum Gasteiger partial charge on any atom is 0.175 e. The van der Waals surface area contributed by atoms with Crippen LogP contribution in [-0.4, -0.2) is 36.1 Å². The number of phenolic OH excluding ortho intramolecular Hbond substituents is 2. The summed E-state index contributed by atoms with van der Waals surface area (Å²) in [4.78, 5) is 8.23. The van der Waals surface area contributed by atoms with E-state index in [1.165, 1.54) is 42.6 Å². The molecule has 1 heterocycles. The van der Waals surface area contributed by atoms with Crippen LogP contribution in [0, 0.1) is 6.92 Å². The van der Waals surface area contributed by atoms with Crippen LogP contribution in [0.1, 0.15) is 10.6 Å². The van der Waals surface area contributed by atoms with E-state index in [0.29, 0.717) is 5.69 Å². The molecule has 0 fully saturated rings. The molecule has 2 N–H and O–H groups in total. The molecule has 1 aromatic heterocycles. The van der Waals surface area contributed by atoms with Gasteiger partial charge in [-0.15, -0.1) is 11.3 Å². The third-order valence-corrected chi connectivity index (χ3v) is 5.37. The van der Waals surface area contributed by atoms with E-state index >= 15 is 0 Å². The van der Waals surface area contributed by atoms with Crippen molar-refractivity contribution in [1.29, 1.82) is 0 Å². The highest BCUT2D eigenvalue weighted by Gasteiger charge is 2.07. The molecule has 0 radical (unpaired) electrons. The SMILES string of the molecule is CS(=O)(=O)c1ccc(N=Cc2cc(O)cc(Cl)c2O)cc1.Cc1nccs1. The summed E-state index contributed by atoms with van der Waals surface area (Å²) >= 11 is 7.40. The fourth-order valence-corrected chi connectivity index (χ4v) is 3.21. The van der Waals surface area contributed by atoms with Gasteiger partial charge in [0.2, 0.25) is 0 Å². The lowest BCUT2D eigenvalue weighted by molar-refractivity contribution is 0.460. The van der Waals surface area contributed by atoms with E-state index in [1.54, 1.807) is 17.5 Å². The Morgan fingerprint density at radius 3 is 2.33 bits per heavy atom. The Kier molecular flexibility index (Phi) is 6.95. The third-order valence-electron chi connectivity index (χ3n) is 3.25. The number of hydrogen-bond acceptors (Lipinski definition) is 7. The van der Waals surface area contributed by atoms with Gasteiger partial charge in [0, 0.05) is 35.7 Å². The van der Waals surface area contributed by atoms with Crippen molar-refractivity contribution >= 4 is 44.7 Å². The maximum absolute atomic E-state index is 11.3. The lowest BCUT2D eigenvalue weighted by atomic mass is 10.2. The van der Waals surface area contributed by atoms with E-state index in [-0.39, 0.29) is 27.0 Å². The molecule has 6 nitrogen and oxygen atoms in total. The van der Waals surface area contributed by atoms with Crippen molar-refractivity contribution in [2.75, 3.05) is 6.26 Å². The Morgan fingerprint density at radius 1 is 1.19 bits per heavy atom. The molecule has 9 heteroatoms. The summed E-state index contributed by atoms with van der Waals surface area (Å²) in [6.45, 7) is 1.99. The Labute approximate surface area is 166 Å². The average molecular weight is 425 g/mol. The van der Waals surface area contributed by atoms with E-state index in [1.807, 2.05) is 12.3 Å². The van der Waals surface area contributed by atoms with Gasteiger partial charge >= 0.3 is 0 Å². The number of rotatable bonds is 3. The number of nitrogens with zero attached hydrogens (tertiary/aromatic N) is 2. The van der Waals surface area contributed by atoms with E-state index in [2.05, 4.69) is 9.98 Å². The fraction of sp³-hybridized carbons (Fsp3) is 0.111. The fourth-order valence-electron chi connectivity index (χ4n) is 1.92. The van der Waals surface area contributed by atoms with Crippen LogP contribution < -0.4 is 0 Å². The minimum atomic E-state index is -3.25. The first-order valence-electron chi connectivity index (χ1n) is 7.58. The first kappa shape index (κ1) is 20.9. The van der Waals surface area contributed by atoms with Gasteiger partial charge in [0.25, 0.3) is 0 Å². The van der Waals surface area contributed by atoms with Gasteiger partial charge < -0.3 is 10.2 Å². The number of aromatic nitrogens is 1. The Morgan fingerprint density at radius 2 is 1.85 bits per heavy atom. The van der Waals surface area contributed by atoms with Crippen LogP contribution in [0.25, 0.3) is 0 Å². The number of halogens is 1. The molecule has 0 spiro atoms. The van der Waals surface area contributed by atoms with Gasteiger partial charge in [0.15, 0.2) is 9.84 Å². The summed E-state index contributed by atoms with van der Waals surface area (Å²) in [5, 5.41) is 22.3. The Hall–Kier alpha value is -2.42. The lowest BCUT2D eigenvalue weighted by Crippen LogP contribution is -1.95. The molecule has 0 aliphatic heterocycles. The predicted octanol–water partition coefficient (Wildman–Crippen LogP) is 4.36. The summed E-state index contributed by atoms with van der Waals surface area (Å²) in [6, 6.07) is 8.49. The highest BCUT2D eigenvalue weighted by molar-refractivity contribution is 7.90. The molecule has 0 aliphatic rings. The molecule has 0 saturated carbocycles. The summed E-state index contributed by atoms with van der Waals surface area (Å²) in [6.07, 6.45) is 4.26. The number of thiazole rings is 1. The van der Waals surface area contributed by atoms with Crippen LogP contribution in [-0.2, 0) is 9.84 Å². The quantitative estimate of drug-likeness (QED) is 0.480. The first-order chi connectivity index (χ1) is 12.7. The number of hydrogen-bond donors (Lipinski definition) is 2. The van der Waals surface area contributed by atoms with Crippen LogP contribution in [0.5, 0.6) is 11.5 Å². The molecule has 2 aromatic carbocycles. The van der Waals surface area contributed by atoms with Crippen molar-refractivity contribution in [2.24, 2.45) is 4.99 Å². The van der Waals surface area contributed by atoms with Crippen LogP contribution in [0.15, 0.2) is 57.9 Å². The zero-order valence-corrected chi connectivity index (χ0v) is 16.9. The van der Waals surface area contributed by atoms with E-state index < -0.39 is 9.84 Å². The number of benzene rings is 2. The van der Waals surface area contributed by atoms with E-state index in [9.17, 15) is 18.6 Å². The van der Waals surface area contributed by atoms with Crippen LogP contribution in [0.2, 0.25) is 5.02 Å². The number of phenols is 2. The molecule has 0 atom stereocenters. The van der Waals surface area contributed by atoms with Crippen LogP contribution in [0.3, 0.4) is 0 Å². The summed E-state index contributed by atoms with van der Waals surface area (Å²) in [7, 11) is -3.25. The number of sulfone groups is 1. The molecule has 0 unspecified atom stereocenters. The smallest absolute Gasteiger partial charge is 0.175 e. The zero-order valence-electron chi connectivity index (χ0n) is 14.5. The molecule has 27 heavy (non-hydrogen) atoms. The average Bonchev–Trinajstić information content (AvgIpc) is 3.08. The molecule has 0 aliphatic carbocycles. The number of aliphatic imine (C=N–C) groups is 1. The highest BCUT2D eigenvalue weighted by atomic mass is 35.5. The van der Waals surface area contributed by atoms with Crippen molar-refractivity contribution in [3.8, 4) is 11.5 Å². The van der Waals surface area contributed by atoms with Gasteiger partial charge in [-0.05, 0) is 37.3 Å². The van der Waals surface area contributed by atoms with Gasteiger partial charge in [0.1, 0.15) is 11.5 Å². The van der Waals surface area contributed by atoms with Gasteiger partial charge in [0.05, 0.1) is 20.6 Å². The molecule has 0 bridgehead atoms. The van der Waals surface area contributed by atoms with Crippen molar-refractivity contribution in [3.05, 3.63) is 63.6 Å². The monoisotopic (exact) mass is 424 g/mol. The number of aryl methyl sites for hydroxylation is 1. The molecule has 3 aromatic rings. The molecular formula is C18H17ClN2O4S2. The predicted molar refractivity (Wildman–Crippen MR) is 108 cm³/mol. The van der Waals surface area contributed by atoms with Crippen LogP contribution >= 0.6 is 22.9 Å². The van der Waals surface area contributed by atoms with E-state index in [0.717, 1.165) is 11.3 Å².